The van der Waals surface area contributed by atoms with Gasteiger partial charge in [0.05, 0.1) is 28.0 Å². The molecule has 0 radical (unpaired) electrons. The fraction of sp³-hybridized carbons (Fsp3) is 0.222. The van der Waals surface area contributed by atoms with Crippen molar-refractivity contribution in [3.05, 3.63) is 63.6 Å². The van der Waals surface area contributed by atoms with E-state index in [1.165, 1.54) is 18.9 Å². The molecule has 132 valence electrons. The molecule has 7 heteroatoms. The molecule has 25 heavy (non-hydrogen) atoms. The van der Waals surface area contributed by atoms with Gasteiger partial charge in [0.1, 0.15) is 0 Å². The maximum atomic E-state index is 12.3. The van der Waals surface area contributed by atoms with Gasteiger partial charge in [-0.2, -0.15) is 0 Å². The van der Waals surface area contributed by atoms with Crippen LogP contribution in [0.4, 0.5) is 0 Å². The number of hydrogen-bond acceptors (Lipinski definition) is 4. The predicted molar refractivity (Wildman–Crippen MR) is 101 cm³/mol. The Labute approximate surface area is 160 Å². The minimum atomic E-state index is -0.391. The number of benzene rings is 2. The van der Waals surface area contributed by atoms with E-state index < -0.39 is 5.97 Å². The molecule has 2 rings (SSSR count). The fourth-order valence-electron chi connectivity index (χ4n) is 2.03. The zero-order chi connectivity index (χ0) is 18.4. The molecule has 0 bridgehead atoms. The van der Waals surface area contributed by atoms with Crippen LogP contribution >= 0.6 is 35.0 Å². The second kappa shape index (κ2) is 9.13. The van der Waals surface area contributed by atoms with E-state index in [0.29, 0.717) is 27.0 Å². The van der Waals surface area contributed by atoms with Gasteiger partial charge in [-0.1, -0.05) is 41.4 Å². The third kappa shape index (κ3) is 5.39. The van der Waals surface area contributed by atoms with Gasteiger partial charge in [0.25, 0.3) is 0 Å². The first-order valence-corrected chi connectivity index (χ1v) is 9.11. The normalized spacial score (nSPS) is 11.7. The number of esters is 1. The molecule has 2 aromatic carbocycles. The minimum Gasteiger partial charge on any atom is -0.465 e. The van der Waals surface area contributed by atoms with Crippen molar-refractivity contribution in [2.24, 2.45) is 0 Å². The first-order chi connectivity index (χ1) is 11.9. The van der Waals surface area contributed by atoms with Crippen LogP contribution in [0.3, 0.4) is 0 Å². The second-order valence-electron chi connectivity index (χ2n) is 5.22. The summed E-state index contributed by atoms with van der Waals surface area (Å²) in [5.41, 5.74) is 1.35. The zero-order valence-corrected chi connectivity index (χ0v) is 16.0. The quantitative estimate of drug-likeness (QED) is 0.572. The standard InChI is InChI=1S/C18H17Cl2NO3S/c1-11(25-16-14(19)4-3-5-15(16)20)17(22)21-10-12-6-8-13(9-7-12)18(23)24-2/h3-9,11H,10H2,1-2H3,(H,21,22). The van der Waals surface area contributed by atoms with Crippen LogP contribution in [-0.4, -0.2) is 24.2 Å². The molecule has 0 saturated heterocycles. The van der Waals surface area contributed by atoms with Gasteiger partial charge in [0, 0.05) is 11.4 Å². The topological polar surface area (TPSA) is 55.4 Å². The molecule has 1 unspecified atom stereocenters. The molecule has 0 heterocycles. The average Bonchev–Trinajstić information content (AvgIpc) is 2.62. The first kappa shape index (κ1) is 19.6. The summed E-state index contributed by atoms with van der Waals surface area (Å²) in [6, 6.07) is 12.1. The van der Waals surface area contributed by atoms with Crippen molar-refractivity contribution in [3.63, 3.8) is 0 Å². The number of carbonyl (C=O) groups excluding carboxylic acids is 2. The largest absolute Gasteiger partial charge is 0.465 e. The van der Waals surface area contributed by atoms with Gasteiger partial charge in [-0.25, -0.2) is 4.79 Å². The number of thioether (sulfide) groups is 1. The molecular formula is C18H17Cl2NO3S. The number of carbonyl (C=O) groups is 2. The van der Waals surface area contributed by atoms with Gasteiger partial charge in [0.15, 0.2) is 0 Å². The second-order valence-corrected chi connectivity index (χ2v) is 7.38. The third-order valence-corrected chi connectivity index (χ3v) is 5.52. The number of amides is 1. The summed E-state index contributed by atoms with van der Waals surface area (Å²) in [7, 11) is 1.33. The molecule has 0 saturated carbocycles. The van der Waals surface area contributed by atoms with E-state index in [9.17, 15) is 9.59 Å². The Morgan fingerprint density at radius 2 is 1.72 bits per heavy atom. The predicted octanol–water partition coefficient (Wildman–Crippen LogP) is 4.58. The van der Waals surface area contributed by atoms with Crippen LogP contribution in [-0.2, 0) is 16.1 Å². The highest BCUT2D eigenvalue weighted by atomic mass is 35.5. The lowest BCUT2D eigenvalue weighted by atomic mass is 10.1. The molecule has 0 aliphatic heterocycles. The molecule has 0 aromatic heterocycles. The van der Waals surface area contributed by atoms with Crippen LogP contribution in [0.5, 0.6) is 0 Å². The third-order valence-electron chi connectivity index (χ3n) is 3.42. The summed E-state index contributed by atoms with van der Waals surface area (Å²) >= 11 is 13.6. The molecule has 0 aliphatic carbocycles. The SMILES string of the molecule is COC(=O)c1ccc(CNC(=O)C(C)Sc2c(Cl)cccc2Cl)cc1. The zero-order valence-electron chi connectivity index (χ0n) is 13.7. The van der Waals surface area contributed by atoms with Gasteiger partial charge >= 0.3 is 5.97 Å². The number of ether oxygens (including phenoxy) is 1. The highest BCUT2D eigenvalue weighted by Crippen LogP contribution is 2.36. The van der Waals surface area contributed by atoms with E-state index in [2.05, 4.69) is 10.1 Å². The summed E-state index contributed by atoms with van der Waals surface area (Å²) in [4.78, 5) is 24.4. The van der Waals surface area contributed by atoms with Gasteiger partial charge < -0.3 is 10.1 Å². The molecule has 0 fully saturated rings. The minimum absolute atomic E-state index is 0.127. The lowest BCUT2D eigenvalue weighted by molar-refractivity contribution is -0.120. The summed E-state index contributed by atoms with van der Waals surface area (Å²) in [6.45, 7) is 2.15. The molecule has 1 N–H and O–H groups in total. The summed E-state index contributed by atoms with van der Waals surface area (Å²) in [5, 5.41) is 3.55. The van der Waals surface area contributed by atoms with E-state index in [1.54, 1.807) is 49.4 Å². The van der Waals surface area contributed by atoms with Gasteiger partial charge in [-0.15, -0.1) is 11.8 Å². The summed E-state index contributed by atoms with van der Waals surface area (Å²) in [6.07, 6.45) is 0. The smallest absolute Gasteiger partial charge is 0.337 e. The van der Waals surface area contributed by atoms with Crippen molar-refractivity contribution >= 4 is 46.8 Å². The Balaban J connectivity index is 1.92. The number of halogens is 2. The average molecular weight is 398 g/mol. The maximum Gasteiger partial charge on any atom is 0.337 e. The van der Waals surface area contributed by atoms with Gasteiger partial charge in [-0.3, -0.25) is 4.79 Å². The fourth-order valence-corrected chi connectivity index (χ4v) is 3.60. The van der Waals surface area contributed by atoms with Crippen LogP contribution in [0, 0.1) is 0 Å². The lowest BCUT2D eigenvalue weighted by Crippen LogP contribution is -2.30. The van der Waals surface area contributed by atoms with Crippen LogP contribution in [0.25, 0.3) is 0 Å². The van der Waals surface area contributed by atoms with Crippen LogP contribution < -0.4 is 5.32 Å². The Kier molecular flexibility index (Phi) is 7.17. The summed E-state index contributed by atoms with van der Waals surface area (Å²) in [5.74, 6) is -0.518. The Morgan fingerprint density at radius 3 is 2.28 bits per heavy atom. The van der Waals surface area contributed by atoms with E-state index >= 15 is 0 Å². The van der Waals surface area contributed by atoms with Crippen molar-refractivity contribution in [2.45, 2.75) is 23.6 Å². The van der Waals surface area contributed by atoms with Gasteiger partial charge in [-0.05, 0) is 36.8 Å². The van der Waals surface area contributed by atoms with E-state index in [1.807, 2.05) is 0 Å². The van der Waals surface area contributed by atoms with Crippen molar-refractivity contribution in [1.29, 1.82) is 0 Å². The highest BCUT2D eigenvalue weighted by Gasteiger charge is 2.17. The lowest BCUT2D eigenvalue weighted by Gasteiger charge is -2.14. The van der Waals surface area contributed by atoms with Crippen LogP contribution in [0.15, 0.2) is 47.4 Å². The number of hydrogen-bond donors (Lipinski definition) is 1. The van der Waals surface area contributed by atoms with Gasteiger partial charge in [0.2, 0.25) is 5.91 Å². The Morgan fingerprint density at radius 1 is 1.12 bits per heavy atom. The number of nitrogens with one attached hydrogen (secondary N) is 1. The van der Waals surface area contributed by atoms with E-state index in [-0.39, 0.29) is 11.2 Å². The van der Waals surface area contributed by atoms with E-state index in [4.69, 9.17) is 23.2 Å². The molecule has 4 nitrogen and oxygen atoms in total. The highest BCUT2D eigenvalue weighted by molar-refractivity contribution is 8.00. The molecule has 0 spiro atoms. The molecule has 0 aliphatic rings. The van der Waals surface area contributed by atoms with Crippen molar-refractivity contribution < 1.29 is 14.3 Å². The van der Waals surface area contributed by atoms with Crippen LogP contribution in [0.2, 0.25) is 10.0 Å². The monoisotopic (exact) mass is 397 g/mol. The Bertz CT molecular complexity index is 745. The number of methoxy groups -OCH3 is 1. The molecule has 2 aromatic rings. The van der Waals surface area contributed by atoms with Crippen molar-refractivity contribution in [2.75, 3.05) is 7.11 Å². The first-order valence-electron chi connectivity index (χ1n) is 7.48. The van der Waals surface area contributed by atoms with Crippen molar-refractivity contribution in [3.8, 4) is 0 Å². The van der Waals surface area contributed by atoms with Crippen molar-refractivity contribution in [1.82, 2.24) is 5.32 Å². The number of rotatable bonds is 6. The molecule has 1 amide bonds. The summed E-state index contributed by atoms with van der Waals surface area (Å²) < 4.78 is 4.65. The van der Waals surface area contributed by atoms with E-state index in [0.717, 1.165) is 5.56 Å². The maximum absolute atomic E-state index is 12.3. The molecule has 1 atom stereocenters. The van der Waals surface area contributed by atoms with Crippen LogP contribution in [0.1, 0.15) is 22.8 Å². The molecular weight excluding hydrogens is 381 g/mol. The Hall–Kier alpha value is -1.69.